The SMILES string of the molecule is Cc1csc(CNC(=O)Cc2csc(-c3ccccc3Cl)n2)n1. The van der Waals surface area contributed by atoms with Crippen LogP contribution in [-0.4, -0.2) is 15.9 Å². The van der Waals surface area contributed by atoms with E-state index in [0.29, 0.717) is 11.6 Å². The van der Waals surface area contributed by atoms with Crippen molar-refractivity contribution in [3.05, 3.63) is 56.4 Å². The average molecular weight is 364 g/mol. The van der Waals surface area contributed by atoms with Crippen LogP contribution in [-0.2, 0) is 17.8 Å². The zero-order valence-electron chi connectivity index (χ0n) is 12.4. The molecule has 1 aromatic carbocycles. The number of amides is 1. The van der Waals surface area contributed by atoms with Crippen molar-refractivity contribution in [2.75, 3.05) is 0 Å². The molecule has 0 unspecified atom stereocenters. The van der Waals surface area contributed by atoms with Crippen LogP contribution in [0, 0.1) is 6.92 Å². The number of thiazole rings is 2. The van der Waals surface area contributed by atoms with Crippen LogP contribution in [0.2, 0.25) is 5.02 Å². The summed E-state index contributed by atoms with van der Waals surface area (Å²) in [5.41, 5.74) is 2.62. The highest BCUT2D eigenvalue weighted by atomic mass is 35.5. The third kappa shape index (κ3) is 4.16. The van der Waals surface area contributed by atoms with Crippen LogP contribution in [0.25, 0.3) is 10.6 Å². The number of nitrogens with one attached hydrogen (secondary N) is 1. The van der Waals surface area contributed by atoms with Gasteiger partial charge in [-0.15, -0.1) is 22.7 Å². The van der Waals surface area contributed by atoms with Gasteiger partial charge in [-0.1, -0.05) is 29.8 Å². The number of carbonyl (C=O) groups excluding carboxylic acids is 1. The summed E-state index contributed by atoms with van der Waals surface area (Å²) >= 11 is 9.21. The lowest BCUT2D eigenvalue weighted by Crippen LogP contribution is -2.24. The predicted octanol–water partition coefficient (Wildman–Crippen LogP) is 4.09. The quantitative estimate of drug-likeness (QED) is 0.742. The topological polar surface area (TPSA) is 54.9 Å². The molecule has 0 atom stereocenters. The molecule has 4 nitrogen and oxygen atoms in total. The van der Waals surface area contributed by atoms with Gasteiger partial charge in [0.1, 0.15) is 10.0 Å². The van der Waals surface area contributed by atoms with Crippen LogP contribution in [0.5, 0.6) is 0 Å². The van der Waals surface area contributed by atoms with Crippen LogP contribution in [0.3, 0.4) is 0 Å². The van der Waals surface area contributed by atoms with E-state index in [1.807, 2.05) is 41.9 Å². The Morgan fingerprint density at radius 3 is 2.78 bits per heavy atom. The van der Waals surface area contributed by atoms with Gasteiger partial charge < -0.3 is 5.32 Å². The van der Waals surface area contributed by atoms with E-state index in [1.54, 1.807) is 11.3 Å². The number of aryl methyl sites for hydroxylation is 1. The predicted molar refractivity (Wildman–Crippen MR) is 95.0 cm³/mol. The molecule has 0 fully saturated rings. The fourth-order valence-corrected chi connectivity index (χ4v) is 3.88. The normalized spacial score (nSPS) is 10.7. The molecule has 7 heteroatoms. The first-order chi connectivity index (χ1) is 11.1. The van der Waals surface area contributed by atoms with Gasteiger partial charge in [0.25, 0.3) is 0 Å². The van der Waals surface area contributed by atoms with Gasteiger partial charge in [0.05, 0.1) is 23.7 Å². The van der Waals surface area contributed by atoms with Crippen molar-refractivity contribution in [3.8, 4) is 10.6 Å². The molecule has 0 spiro atoms. The molecule has 0 aliphatic carbocycles. The summed E-state index contributed by atoms with van der Waals surface area (Å²) < 4.78 is 0. The summed E-state index contributed by atoms with van der Waals surface area (Å²) in [5.74, 6) is -0.0612. The fourth-order valence-electron chi connectivity index (χ4n) is 2.03. The molecule has 0 radical (unpaired) electrons. The highest BCUT2D eigenvalue weighted by Gasteiger charge is 2.11. The summed E-state index contributed by atoms with van der Waals surface area (Å²) in [5, 5.41) is 9.13. The van der Waals surface area contributed by atoms with Crippen molar-refractivity contribution in [1.82, 2.24) is 15.3 Å². The zero-order chi connectivity index (χ0) is 16.2. The van der Waals surface area contributed by atoms with Gasteiger partial charge in [-0.3, -0.25) is 4.79 Å². The lowest BCUT2D eigenvalue weighted by molar-refractivity contribution is -0.120. The maximum atomic E-state index is 12.0. The third-order valence-electron chi connectivity index (χ3n) is 3.10. The molecule has 2 aromatic heterocycles. The number of aromatic nitrogens is 2. The van der Waals surface area contributed by atoms with Crippen molar-refractivity contribution >= 4 is 40.2 Å². The minimum Gasteiger partial charge on any atom is -0.349 e. The number of halogens is 1. The van der Waals surface area contributed by atoms with E-state index in [9.17, 15) is 4.79 Å². The van der Waals surface area contributed by atoms with Crippen molar-refractivity contribution in [3.63, 3.8) is 0 Å². The molecule has 118 valence electrons. The van der Waals surface area contributed by atoms with Gasteiger partial charge in [-0.25, -0.2) is 9.97 Å². The van der Waals surface area contributed by atoms with E-state index in [-0.39, 0.29) is 12.3 Å². The Morgan fingerprint density at radius 1 is 1.22 bits per heavy atom. The fraction of sp³-hybridized carbons (Fsp3) is 0.188. The minimum atomic E-state index is -0.0612. The van der Waals surface area contributed by atoms with E-state index < -0.39 is 0 Å². The highest BCUT2D eigenvalue weighted by molar-refractivity contribution is 7.13. The first-order valence-corrected chi connectivity index (χ1v) is 9.12. The Hall–Kier alpha value is -1.76. The first kappa shape index (κ1) is 16.1. The van der Waals surface area contributed by atoms with Crippen molar-refractivity contribution in [2.45, 2.75) is 19.9 Å². The second kappa shape index (κ2) is 7.21. The summed E-state index contributed by atoms with van der Waals surface area (Å²) in [6.07, 6.45) is 0.255. The number of hydrogen-bond donors (Lipinski definition) is 1. The molecule has 0 aliphatic rings. The van der Waals surface area contributed by atoms with Crippen LogP contribution in [0.15, 0.2) is 35.0 Å². The van der Waals surface area contributed by atoms with E-state index in [0.717, 1.165) is 27.0 Å². The molecule has 3 rings (SSSR count). The van der Waals surface area contributed by atoms with Crippen LogP contribution < -0.4 is 5.32 Å². The van der Waals surface area contributed by atoms with Gasteiger partial charge >= 0.3 is 0 Å². The largest absolute Gasteiger partial charge is 0.349 e. The Bertz CT molecular complexity index is 828. The molecule has 0 saturated carbocycles. The number of hydrogen-bond acceptors (Lipinski definition) is 5. The Labute approximate surface area is 147 Å². The maximum Gasteiger partial charge on any atom is 0.226 e. The monoisotopic (exact) mass is 363 g/mol. The van der Waals surface area contributed by atoms with E-state index in [4.69, 9.17) is 11.6 Å². The smallest absolute Gasteiger partial charge is 0.226 e. The summed E-state index contributed by atoms with van der Waals surface area (Å²) in [6.45, 7) is 2.40. The van der Waals surface area contributed by atoms with Crippen molar-refractivity contribution < 1.29 is 4.79 Å². The van der Waals surface area contributed by atoms with Crippen LogP contribution in [0.4, 0.5) is 0 Å². The third-order valence-corrected chi connectivity index (χ3v) is 5.32. The Kier molecular flexibility index (Phi) is 5.05. The van der Waals surface area contributed by atoms with E-state index in [2.05, 4.69) is 15.3 Å². The van der Waals surface area contributed by atoms with Crippen LogP contribution >= 0.6 is 34.3 Å². The van der Waals surface area contributed by atoms with Gasteiger partial charge in [0, 0.05) is 22.0 Å². The van der Waals surface area contributed by atoms with Gasteiger partial charge in [0.2, 0.25) is 5.91 Å². The van der Waals surface area contributed by atoms with Gasteiger partial charge in [-0.2, -0.15) is 0 Å². The number of nitrogens with zero attached hydrogens (tertiary/aromatic N) is 2. The summed E-state index contributed by atoms with van der Waals surface area (Å²) in [7, 11) is 0. The van der Waals surface area contributed by atoms with Gasteiger partial charge in [0.15, 0.2) is 0 Å². The molecule has 0 saturated heterocycles. The van der Waals surface area contributed by atoms with E-state index >= 15 is 0 Å². The van der Waals surface area contributed by atoms with Crippen LogP contribution in [0.1, 0.15) is 16.4 Å². The second-order valence-electron chi connectivity index (χ2n) is 4.96. The molecule has 1 amide bonds. The molecular formula is C16H14ClN3OS2. The minimum absolute atomic E-state index is 0.0612. The zero-order valence-corrected chi connectivity index (χ0v) is 14.8. The van der Waals surface area contributed by atoms with E-state index in [1.165, 1.54) is 11.3 Å². The molecule has 1 N–H and O–H groups in total. The lowest BCUT2D eigenvalue weighted by Gasteiger charge is -2.01. The van der Waals surface area contributed by atoms with Gasteiger partial charge in [-0.05, 0) is 13.0 Å². The summed E-state index contributed by atoms with van der Waals surface area (Å²) in [4.78, 5) is 20.8. The Morgan fingerprint density at radius 2 is 2.04 bits per heavy atom. The van der Waals surface area contributed by atoms with Crippen molar-refractivity contribution in [1.29, 1.82) is 0 Å². The molecular weight excluding hydrogens is 350 g/mol. The number of carbonyl (C=O) groups is 1. The average Bonchev–Trinajstić information content (AvgIpc) is 3.15. The molecule has 23 heavy (non-hydrogen) atoms. The second-order valence-corrected chi connectivity index (χ2v) is 7.17. The van der Waals surface area contributed by atoms with Crippen molar-refractivity contribution in [2.24, 2.45) is 0 Å². The highest BCUT2D eigenvalue weighted by Crippen LogP contribution is 2.30. The standard InChI is InChI=1S/C16H14ClN3OS2/c1-10-8-22-15(19-10)7-18-14(21)6-11-9-23-16(20-11)12-4-2-3-5-13(12)17/h2-5,8-9H,6-7H2,1H3,(H,18,21). The first-order valence-electron chi connectivity index (χ1n) is 6.99. The maximum absolute atomic E-state index is 12.0. The molecule has 0 bridgehead atoms. The molecule has 0 aliphatic heterocycles. The Balaban J connectivity index is 1.60. The number of benzene rings is 1. The lowest BCUT2D eigenvalue weighted by atomic mass is 10.2. The summed E-state index contributed by atoms with van der Waals surface area (Å²) in [6, 6.07) is 7.57. The molecule has 3 aromatic rings. The number of rotatable bonds is 5. The molecule has 2 heterocycles.